The first-order valence-electron chi connectivity index (χ1n) is 6.86. The van der Waals surface area contributed by atoms with Gasteiger partial charge in [0.25, 0.3) is 0 Å². The highest BCUT2D eigenvalue weighted by Gasteiger charge is 2.22. The van der Waals surface area contributed by atoms with Crippen molar-refractivity contribution in [2.75, 3.05) is 19.6 Å². The molecule has 17 heavy (non-hydrogen) atoms. The molecule has 0 unspecified atom stereocenters. The van der Waals surface area contributed by atoms with Crippen LogP contribution in [0.15, 0.2) is 0 Å². The lowest BCUT2D eigenvalue weighted by Crippen LogP contribution is -2.40. The lowest BCUT2D eigenvalue weighted by molar-refractivity contribution is -0.120. The summed E-state index contributed by atoms with van der Waals surface area (Å²) in [6.07, 6.45) is 3.80. The maximum absolute atomic E-state index is 11.6. The Bertz CT molecular complexity index is 245. The van der Waals surface area contributed by atoms with E-state index in [-0.39, 0.29) is 11.3 Å². The summed E-state index contributed by atoms with van der Waals surface area (Å²) >= 11 is 0. The molecule has 1 rings (SSSR count). The maximum Gasteiger partial charge on any atom is 0.233 e. The molecule has 1 fully saturated rings. The fourth-order valence-corrected chi connectivity index (χ4v) is 2.29. The normalized spacial score (nSPS) is 16.3. The summed E-state index contributed by atoms with van der Waals surface area (Å²) in [7, 11) is 0. The third-order valence-electron chi connectivity index (χ3n) is 3.14. The Morgan fingerprint density at radius 3 is 2.53 bits per heavy atom. The Kier molecular flexibility index (Phi) is 5.44. The second-order valence-electron chi connectivity index (χ2n) is 6.61. The van der Waals surface area contributed by atoms with Crippen LogP contribution in [0.1, 0.15) is 47.0 Å². The van der Waals surface area contributed by atoms with Gasteiger partial charge in [-0.2, -0.15) is 0 Å². The van der Waals surface area contributed by atoms with Gasteiger partial charge in [0.2, 0.25) is 5.91 Å². The first kappa shape index (κ1) is 14.5. The first-order chi connectivity index (χ1) is 7.89. The van der Waals surface area contributed by atoms with Gasteiger partial charge in [-0.3, -0.25) is 4.79 Å². The SMILES string of the molecule is CC(C)CC(C)(C)CNC(=O)CNCC1CC1. The fourth-order valence-electron chi connectivity index (χ4n) is 2.29. The molecule has 0 heterocycles. The third-order valence-corrected chi connectivity index (χ3v) is 3.14. The van der Waals surface area contributed by atoms with Crippen LogP contribution in [0.25, 0.3) is 0 Å². The number of rotatable bonds is 8. The summed E-state index contributed by atoms with van der Waals surface area (Å²) in [5.41, 5.74) is 0.195. The van der Waals surface area contributed by atoms with Crippen LogP contribution < -0.4 is 10.6 Å². The van der Waals surface area contributed by atoms with Crippen LogP contribution in [0, 0.1) is 17.3 Å². The molecule has 0 aromatic rings. The third kappa shape index (κ3) is 7.37. The van der Waals surface area contributed by atoms with Gasteiger partial charge < -0.3 is 10.6 Å². The predicted octanol–water partition coefficient (Wildman–Crippen LogP) is 2.17. The maximum atomic E-state index is 11.6. The average Bonchev–Trinajstić information content (AvgIpc) is 2.97. The van der Waals surface area contributed by atoms with Gasteiger partial charge in [-0.1, -0.05) is 27.7 Å². The summed E-state index contributed by atoms with van der Waals surface area (Å²) in [4.78, 5) is 11.6. The summed E-state index contributed by atoms with van der Waals surface area (Å²) < 4.78 is 0. The van der Waals surface area contributed by atoms with Crippen molar-refractivity contribution < 1.29 is 4.79 Å². The highest BCUT2D eigenvalue weighted by Crippen LogP contribution is 2.27. The van der Waals surface area contributed by atoms with Crippen LogP contribution in [-0.2, 0) is 4.79 Å². The van der Waals surface area contributed by atoms with E-state index < -0.39 is 0 Å². The van der Waals surface area contributed by atoms with E-state index in [1.54, 1.807) is 0 Å². The van der Waals surface area contributed by atoms with E-state index in [0.717, 1.165) is 25.4 Å². The Hall–Kier alpha value is -0.570. The van der Waals surface area contributed by atoms with E-state index in [1.165, 1.54) is 12.8 Å². The van der Waals surface area contributed by atoms with Gasteiger partial charge in [-0.15, -0.1) is 0 Å². The summed E-state index contributed by atoms with van der Waals surface area (Å²) in [5.74, 6) is 1.64. The standard InChI is InChI=1S/C14H28N2O/c1-11(2)7-14(3,4)10-16-13(17)9-15-8-12-5-6-12/h11-12,15H,5-10H2,1-4H3,(H,16,17). The van der Waals surface area contributed by atoms with Crippen molar-refractivity contribution in [3.8, 4) is 0 Å². The monoisotopic (exact) mass is 240 g/mol. The second kappa shape index (κ2) is 6.39. The van der Waals surface area contributed by atoms with Crippen LogP contribution >= 0.6 is 0 Å². The van der Waals surface area contributed by atoms with Crippen molar-refractivity contribution in [1.82, 2.24) is 10.6 Å². The van der Waals surface area contributed by atoms with Crippen molar-refractivity contribution in [1.29, 1.82) is 0 Å². The van der Waals surface area contributed by atoms with E-state index in [4.69, 9.17) is 0 Å². The number of nitrogens with one attached hydrogen (secondary N) is 2. The zero-order valence-corrected chi connectivity index (χ0v) is 11.8. The molecule has 0 saturated heterocycles. The van der Waals surface area contributed by atoms with Crippen LogP contribution in [-0.4, -0.2) is 25.5 Å². The van der Waals surface area contributed by atoms with Crippen molar-refractivity contribution >= 4 is 5.91 Å². The van der Waals surface area contributed by atoms with Gasteiger partial charge in [0.1, 0.15) is 0 Å². The molecule has 0 spiro atoms. The summed E-state index contributed by atoms with van der Waals surface area (Å²) in [6, 6.07) is 0. The van der Waals surface area contributed by atoms with Gasteiger partial charge in [-0.05, 0) is 43.1 Å². The molecule has 0 bridgehead atoms. The Balaban J connectivity index is 2.08. The molecule has 0 aliphatic heterocycles. The van der Waals surface area contributed by atoms with Gasteiger partial charge >= 0.3 is 0 Å². The largest absolute Gasteiger partial charge is 0.354 e. The molecule has 1 saturated carbocycles. The minimum absolute atomic E-state index is 0.127. The molecular formula is C14H28N2O. The van der Waals surface area contributed by atoms with Gasteiger partial charge in [0, 0.05) is 6.54 Å². The van der Waals surface area contributed by atoms with E-state index in [1.807, 2.05) is 0 Å². The molecule has 0 radical (unpaired) electrons. The van der Waals surface area contributed by atoms with E-state index in [9.17, 15) is 4.79 Å². The molecular weight excluding hydrogens is 212 g/mol. The summed E-state index contributed by atoms with van der Waals surface area (Å²) in [5, 5.41) is 6.23. The molecule has 1 aliphatic rings. The van der Waals surface area contributed by atoms with Crippen LogP contribution in [0.2, 0.25) is 0 Å². The molecule has 2 N–H and O–H groups in total. The van der Waals surface area contributed by atoms with Crippen molar-refractivity contribution in [2.24, 2.45) is 17.3 Å². The number of carbonyl (C=O) groups excluding carboxylic acids is 1. The van der Waals surface area contributed by atoms with E-state index >= 15 is 0 Å². The molecule has 0 aromatic carbocycles. The van der Waals surface area contributed by atoms with Crippen LogP contribution in [0.4, 0.5) is 0 Å². The lowest BCUT2D eigenvalue weighted by atomic mass is 9.84. The van der Waals surface area contributed by atoms with Crippen LogP contribution in [0.5, 0.6) is 0 Å². The average molecular weight is 240 g/mol. The molecule has 3 nitrogen and oxygen atoms in total. The highest BCUT2D eigenvalue weighted by atomic mass is 16.1. The molecule has 1 amide bonds. The zero-order valence-electron chi connectivity index (χ0n) is 11.8. The molecule has 0 atom stereocenters. The Morgan fingerprint density at radius 2 is 2.00 bits per heavy atom. The molecule has 100 valence electrons. The van der Waals surface area contributed by atoms with Gasteiger partial charge in [0.15, 0.2) is 0 Å². The molecule has 3 heteroatoms. The number of amides is 1. The number of carbonyl (C=O) groups is 1. The zero-order chi connectivity index (χ0) is 12.9. The Labute approximate surface area is 106 Å². The van der Waals surface area contributed by atoms with Crippen molar-refractivity contribution in [3.05, 3.63) is 0 Å². The topological polar surface area (TPSA) is 41.1 Å². The summed E-state index contributed by atoms with van der Waals surface area (Å²) in [6.45, 7) is 11.1. The molecule has 1 aliphatic carbocycles. The van der Waals surface area contributed by atoms with Gasteiger partial charge in [0.05, 0.1) is 6.54 Å². The predicted molar refractivity (Wildman–Crippen MR) is 71.8 cm³/mol. The minimum Gasteiger partial charge on any atom is -0.354 e. The Morgan fingerprint density at radius 1 is 1.35 bits per heavy atom. The van der Waals surface area contributed by atoms with E-state index in [0.29, 0.717) is 12.5 Å². The highest BCUT2D eigenvalue weighted by molar-refractivity contribution is 5.78. The lowest BCUT2D eigenvalue weighted by Gasteiger charge is -2.27. The van der Waals surface area contributed by atoms with Gasteiger partial charge in [-0.25, -0.2) is 0 Å². The van der Waals surface area contributed by atoms with Crippen molar-refractivity contribution in [2.45, 2.75) is 47.0 Å². The first-order valence-corrected chi connectivity index (χ1v) is 6.86. The smallest absolute Gasteiger partial charge is 0.233 e. The minimum atomic E-state index is 0.127. The fraction of sp³-hybridized carbons (Fsp3) is 0.929. The van der Waals surface area contributed by atoms with E-state index in [2.05, 4.69) is 38.3 Å². The van der Waals surface area contributed by atoms with Crippen molar-refractivity contribution in [3.63, 3.8) is 0 Å². The quantitative estimate of drug-likeness (QED) is 0.683. The second-order valence-corrected chi connectivity index (χ2v) is 6.61. The number of hydrogen-bond acceptors (Lipinski definition) is 2. The molecule has 0 aromatic heterocycles. The number of hydrogen-bond donors (Lipinski definition) is 2. The van der Waals surface area contributed by atoms with Crippen LogP contribution in [0.3, 0.4) is 0 Å².